The quantitative estimate of drug-likeness (QED) is 0.659. The fourth-order valence-electron chi connectivity index (χ4n) is 0. The molecule has 0 atom stereocenters. The molecule has 0 radical (unpaired) electrons. The average molecular weight is 252 g/mol. The molecule has 0 N–H and O–H groups in total. The molecule has 1 heteroatoms. The van der Waals surface area contributed by atoms with Crippen LogP contribution in [0.3, 0.4) is 0 Å². The first kappa shape index (κ1) is 6.30. The molecule has 0 nitrogen and oxygen atoms in total. The van der Waals surface area contributed by atoms with Crippen LogP contribution in [0.1, 0.15) is 13.8 Å². The monoisotopic (exact) mass is 252 g/mol. The molecule has 0 unspecified atom stereocenters. The van der Waals surface area contributed by atoms with Gasteiger partial charge in [-0.15, -0.1) is 0 Å². The molecule has 0 fully saturated rings. The third kappa shape index (κ3) is 2.53. The van der Waals surface area contributed by atoms with Crippen LogP contribution in [-0.4, -0.2) is 3.90 Å². The average Bonchev–Trinajstić information content (AvgIpc) is 1.36. The van der Waals surface area contributed by atoms with E-state index in [1.54, 1.807) is 0 Å². The molecule has 0 aliphatic rings. The van der Waals surface area contributed by atoms with Crippen LogP contribution >= 0.6 is 0 Å². The first-order valence-electron chi connectivity index (χ1n) is 1.81. The minimum atomic E-state index is 1.21. The third-order valence-electron chi connectivity index (χ3n) is 0.601. The van der Waals surface area contributed by atoms with Crippen LogP contribution in [0.25, 0.3) is 0 Å². The van der Waals surface area contributed by atoms with Gasteiger partial charge in [-0.2, -0.15) is 0 Å². The zero-order valence-electron chi connectivity index (χ0n) is 4.12. The Morgan fingerprint density at radius 2 is 1.67 bits per heavy atom. The molecule has 34 valence electrons. The fraction of sp³-hybridized carbons (Fsp3) is 0.400. The van der Waals surface area contributed by atoms with Crippen molar-refractivity contribution < 1.29 is 19.4 Å². The number of allylic oxidation sites excluding steroid dienone is 1. The number of hydrogen-bond acceptors (Lipinski definition) is 0. The molecule has 0 aliphatic carbocycles. The second-order valence-corrected chi connectivity index (χ2v) is 3.54. The summed E-state index contributed by atoms with van der Waals surface area (Å²) in [7, 11) is 0. The van der Waals surface area contributed by atoms with Crippen LogP contribution in [0.4, 0.5) is 0 Å². The Hall–Kier alpha value is 0.298. The second-order valence-electron chi connectivity index (χ2n) is 1.34. The Labute approximate surface area is 49.7 Å². The summed E-state index contributed by atoms with van der Waals surface area (Å²) in [5, 5.41) is 0. The van der Waals surface area contributed by atoms with Crippen LogP contribution in [-0.2, 0) is 19.4 Å². The molecular formula is C5H8W. The molecular weight excluding hydrogens is 244 g/mol. The molecule has 0 saturated heterocycles. The van der Waals surface area contributed by atoms with Gasteiger partial charge in [0.05, 0.1) is 0 Å². The molecule has 6 heavy (non-hydrogen) atoms. The molecule has 0 amide bonds. The van der Waals surface area contributed by atoms with Gasteiger partial charge in [0.15, 0.2) is 0 Å². The Kier molecular flexibility index (Phi) is 2.59. The topological polar surface area (TPSA) is 0 Å². The van der Waals surface area contributed by atoms with Gasteiger partial charge >= 0.3 is 49.3 Å². The summed E-state index contributed by atoms with van der Waals surface area (Å²) < 4.78 is 1.40. The van der Waals surface area contributed by atoms with Gasteiger partial charge in [0.25, 0.3) is 0 Å². The van der Waals surface area contributed by atoms with Gasteiger partial charge in [-0.1, -0.05) is 0 Å². The van der Waals surface area contributed by atoms with Gasteiger partial charge in [0.1, 0.15) is 0 Å². The van der Waals surface area contributed by atoms with Crippen molar-refractivity contribution in [2.75, 3.05) is 0 Å². The van der Waals surface area contributed by atoms with Crippen molar-refractivity contribution in [2.45, 2.75) is 13.8 Å². The minimum absolute atomic E-state index is 1.21. The molecule has 0 spiro atoms. The van der Waals surface area contributed by atoms with E-state index in [1.807, 2.05) is 6.92 Å². The van der Waals surface area contributed by atoms with E-state index in [-0.39, 0.29) is 0 Å². The summed E-state index contributed by atoms with van der Waals surface area (Å²) in [5.74, 6) is 0. The maximum atomic E-state index is 3.74. The number of hydrogen-bond donors (Lipinski definition) is 0. The molecule has 0 aromatic carbocycles. The van der Waals surface area contributed by atoms with Crippen molar-refractivity contribution in [3.05, 3.63) is 12.2 Å². The first-order valence-corrected chi connectivity index (χ1v) is 3.27. The summed E-state index contributed by atoms with van der Waals surface area (Å²) in [5.41, 5.74) is 1.21. The molecule has 0 aliphatic heterocycles. The second kappa shape index (κ2) is 2.47. The normalized spacial score (nSPS) is 7.67. The Balaban J connectivity index is 3.57. The van der Waals surface area contributed by atoms with Crippen LogP contribution in [0.2, 0.25) is 0 Å². The van der Waals surface area contributed by atoms with E-state index >= 15 is 0 Å². The van der Waals surface area contributed by atoms with Gasteiger partial charge in [-0.3, -0.25) is 0 Å². The summed E-state index contributed by atoms with van der Waals surface area (Å²) in [4.78, 5) is 0. The Bertz CT molecular complexity index is 69.9. The van der Waals surface area contributed by atoms with E-state index in [0.29, 0.717) is 0 Å². The summed E-state index contributed by atoms with van der Waals surface area (Å²) in [6.07, 6.45) is 0. The van der Waals surface area contributed by atoms with Gasteiger partial charge in [-0.25, -0.2) is 0 Å². The SMILES string of the molecule is C=C(C)[C](C)=[W]. The van der Waals surface area contributed by atoms with Crippen LogP contribution in [0, 0.1) is 0 Å². The van der Waals surface area contributed by atoms with Gasteiger partial charge in [0.2, 0.25) is 0 Å². The van der Waals surface area contributed by atoms with Gasteiger partial charge in [-0.05, 0) is 0 Å². The zero-order valence-corrected chi connectivity index (χ0v) is 7.05. The standard InChI is InChI=1S/C5H8.W/c1-4-5(2)3;/h2H2,1,3H3;. The van der Waals surface area contributed by atoms with E-state index in [9.17, 15) is 0 Å². The zero-order chi connectivity index (χ0) is 5.15. The summed E-state index contributed by atoms with van der Waals surface area (Å²) >= 11 is 1.53. The van der Waals surface area contributed by atoms with Crippen molar-refractivity contribution in [2.24, 2.45) is 0 Å². The Morgan fingerprint density at radius 3 is 1.67 bits per heavy atom. The van der Waals surface area contributed by atoms with Crippen LogP contribution < -0.4 is 0 Å². The van der Waals surface area contributed by atoms with Crippen molar-refractivity contribution >= 4 is 3.90 Å². The Morgan fingerprint density at radius 1 is 1.50 bits per heavy atom. The molecule has 0 aromatic heterocycles. The van der Waals surface area contributed by atoms with Gasteiger partial charge in [0, 0.05) is 0 Å². The van der Waals surface area contributed by atoms with E-state index in [4.69, 9.17) is 0 Å². The predicted molar refractivity (Wildman–Crippen MR) is 25.5 cm³/mol. The third-order valence-corrected chi connectivity index (χ3v) is 1.85. The predicted octanol–water partition coefficient (Wildman–Crippen LogP) is 1.30. The van der Waals surface area contributed by atoms with Crippen molar-refractivity contribution in [1.82, 2.24) is 0 Å². The summed E-state index contributed by atoms with van der Waals surface area (Å²) in [6.45, 7) is 7.86. The van der Waals surface area contributed by atoms with E-state index in [2.05, 4.69) is 13.5 Å². The maximum absolute atomic E-state index is 3.74. The fourth-order valence-corrected chi connectivity index (χ4v) is 0. The number of rotatable bonds is 1. The first-order chi connectivity index (χ1) is 2.64. The molecule has 0 bridgehead atoms. The van der Waals surface area contributed by atoms with E-state index in [0.717, 1.165) is 0 Å². The summed E-state index contributed by atoms with van der Waals surface area (Å²) in [6, 6.07) is 0. The van der Waals surface area contributed by atoms with E-state index < -0.39 is 0 Å². The van der Waals surface area contributed by atoms with Crippen LogP contribution in [0.15, 0.2) is 12.2 Å². The molecule has 0 saturated carbocycles. The molecule has 0 rings (SSSR count). The van der Waals surface area contributed by atoms with Crippen molar-refractivity contribution in [3.63, 3.8) is 0 Å². The molecule has 0 heterocycles. The van der Waals surface area contributed by atoms with Crippen molar-refractivity contribution in [1.29, 1.82) is 0 Å². The van der Waals surface area contributed by atoms with Crippen LogP contribution in [0.5, 0.6) is 0 Å². The van der Waals surface area contributed by atoms with E-state index in [1.165, 1.54) is 28.8 Å². The van der Waals surface area contributed by atoms with Gasteiger partial charge < -0.3 is 0 Å². The van der Waals surface area contributed by atoms with Crippen molar-refractivity contribution in [3.8, 4) is 0 Å². The molecule has 0 aromatic rings.